The maximum Gasteiger partial charge on any atom is 0.257 e. The Balaban J connectivity index is 2.31. The summed E-state index contributed by atoms with van der Waals surface area (Å²) >= 11 is 12.6. The first-order valence-electron chi connectivity index (χ1n) is 4.26. The van der Waals surface area contributed by atoms with Crippen molar-refractivity contribution in [2.45, 2.75) is 0 Å². The molecule has 1 aromatic carbocycles. The molecule has 0 spiro atoms. The van der Waals surface area contributed by atoms with Gasteiger partial charge in [-0.1, -0.05) is 27.5 Å². The second-order valence-electron chi connectivity index (χ2n) is 2.83. The van der Waals surface area contributed by atoms with Crippen LogP contribution in [-0.4, -0.2) is 9.97 Å². The molecule has 82 valence electrons. The number of rotatable bonds is 2. The van der Waals surface area contributed by atoms with Crippen LogP contribution in [0.15, 0.2) is 39.5 Å². The second kappa shape index (κ2) is 5.12. The van der Waals surface area contributed by atoms with Crippen LogP contribution >= 0.6 is 43.5 Å². The number of benzene rings is 1. The van der Waals surface area contributed by atoms with E-state index in [-0.39, 0.29) is 11.0 Å². The lowest BCUT2D eigenvalue weighted by Crippen LogP contribution is -1.91. The van der Waals surface area contributed by atoms with E-state index in [0.717, 1.165) is 8.95 Å². The van der Waals surface area contributed by atoms with Crippen molar-refractivity contribution in [3.8, 4) is 11.6 Å². The van der Waals surface area contributed by atoms with Crippen LogP contribution in [0.2, 0.25) is 5.15 Å². The molecule has 2 aromatic rings. The minimum absolute atomic E-state index is 0.234. The summed E-state index contributed by atoms with van der Waals surface area (Å²) in [7, 11) is 0. The maximum atomic E-state index is 5.83. The zero-order valence-corrected chi connectivity index (χ0v) is 11.8. The van der Waals surface area contributed by atoms with Crippen LogP contribution in [-0.2, 0) is 0 Å². The van der Waals surface area contributed by atoms with Crippen molar-refractivity contribution in [1.29, 1.82) is 0 Å². The average molecular weight is 364 g/mol. The molecular formula is C10H5Br2ClN2O. The Hall–Kier alpha value is -0.650. The van der Waals surface area contributed by atoms with Gasteiger partial charge in [0.25, 0.3) is 5.88 Å². The Morgan fingerprint density at radius 3 is 2.56 bits per heavy atom. The van der Waals surface area contributed by atoms with Crippen molar-refractivity contribution in [1.82, 2.24) is 9.97 Å². The van der Waals surface area contributed by atoms with Gasteiger partial charge in [-0.15, -0.1) is 0 Å². The molecule has 0 atom stereocenters. The molecule has 0 aliphatic rings. The highest BCUT2D eigenvalue weighted by Crippen LogP contribution is 2.32. The van der Waals surface area contributed by atoms with Gasteiger partial charge >= 0.3 is 0 Å². The molecule has 6 heteroatoms. The molecule has 0 saturated heterocycles. The Kier molecular flexibility index (Phi) is 3.78. The summed E-state index contributed by atoms with van der Waals surface area (Å²) in [5, 5.41) is 0.234. The SMILES string of the molecule is Clc1nccnc1Oc1ccc(Br)cc1Br. The number of halogens is 3. The van der Waals surface area contributed by atoms with Crippen LogP contribution in [0.3, 0.4) is 0 Å². The van der Waals surface area contributed by atoms with Crippen LogP contribution in [0, 0.1) is 0 Å². The molecule has 3 nitrogen and oxygen atoms in total. The van der Waals surface area contributed by atoms with Gasteiger partial charge < -0.3 is 4.74 Å². The minimum atomic E-state index is 0.234. The summed E-state index contributed by atoms with van der Waals surface area (Å²) in [5.41, 5.74) is 0. The standard InChI is InChI=1S/C10H5Br2ClN2O/c11-6-1-2-8(7(12)5-6)16-10-9(13)14-3-4-15-10/h1-5H. The average Bonchev–Trinajstić information content (AvgIpc) is 2.25. The molecule has 1 aromatic heterocycles. The molecule has 1 heterocycles. The molecule has 2 rings (SSSR count). The van der Waals surface area contributed by atoms with Gasteiger partial charge in [-0.2, -0.15) is 0 Å². The van der Waals surface area contributed by atoms with E-state index in [1.165, 1.54) is 12.4 Å². The minimum Gasteiger partial charge on any atom is -0.435 e. The third-order valence-corrected chi connectivity index (χ3v) is 3.10. The summed E-state index contributed by atoms with van der Waals surface area (Å²) in [6.45, 7) is 0. The van der Waals surface area contributed by atoms with E-state index in [2.05, 4.69) is 41.8 Å². The lowest BCUT2D eigenvalue weighted by Gasteiger charge is -2.07. The monoisotopic (exact) mass is 362 g/mol. The normalized spacial score (nSPS) is 10.2. The molecule has 0 unspecified atom stereocenters. The summed E-state index contributed by atoms with van der Waals surface area (Å²) in [6.07, 6.45) is 3.03. The number of hydrogen-bond acceptors (Lipinski definition) is 3. The third kappa shape index (κ3) is 2.72. The van der Waals surface area contributed by atoms with E-state index >= 15 is 0 Å². The molecule has 16 heavy (non-hydrogen) atoms. The van der Waals surface area contributed by atoms with Crippen molar-refractivity contribution in [3.63, 3.8) is 0 Å². The van der Waals surface area contributed by atoms with Crippen molar-refractivity contribution >= 4 is 43.5 Å². The quantitative estimate of drug-likeness (QED) is 0.790. The van der Waals surface area contributed by atoms with E-state index in [1.807, 2.05) is 12.1 Å². The van der Waals surface area contributed by atoms with Crippen molar-refractivity contribution in [3.05, 3.63) is 44.7 Å². The van der Waals surface area contributed by atoms with Gasteiger partial charge in [-0.05, 0) is 34.1 Å². The van der Waals surface area contributed by atoms with Gasteiger partial charge in [0.05, 0.1) is 4.47 Å². The van der Waals surface area contributed by atoms with E-state index in [0.29, 0.717) is 5.75 Å². The van der Waals surface area contributed by atoms with Crippen LogP contribution < -0.4 is 4.74 Å². The highest BCUT2D eigenvalue weighted by atomic mass is 79.9. The molecule has 0 saturated carbocycles. The van der Waals surface area contributed by atoms with Crippen LogP contribution in [0.1, 0.15) is 0 Å². The van der Waals surface area contributed by atoms with Crippen LogP contribution in [0.5, 0.6) is 11.6 Å². The molecule has 0 aliphatic heterocycles. The van der Waals surface area contributed by atoms with Crippen LogP contribution in [0.4, 0.5) is 0 Å². The van der Waals surface area contributed by atoms with Gasteiger partial charge in [-0.3, -0.25) is 0 Å². The first-order valence-corrected chi connectivity index (χ1v) is 6.22. The van der Waals surface area contributed by atoms with E-state index in [4.69, 9.17) is 16.3 Å². The highest BCUT2D eigenvalue weighted by Gasteiger charge is 2.08. The zero-order valence-electron chi connectivity index (χ0n) is 7.82. The fraction of sp³-hybridized carbons (Fsp3) is 0. The topological polar surface area (TPSA) is 35.0 Å². The number of hydrogen-bond donors (Lipinski definition) is 0. The molecule has 0 bridgehead atoms. The van der Waals surface area contributed by atoms with Crippen LogP contribution in [0.25, 0.3) is 0 Å². The van der Waals surface area contributed by atoms with E-state index in [9.17, 15) is 0 Å². The molecule has 0 N–H and O–H groups in total. The molecule has 0 aliphatic carbocycles. The Bertz CT molecular complexity index is 522. The Morgan fingerprint density at radius 2 is 1.88 bits per heavy atom. The van der Waals surface area contributed by atoms with E-state index in [1.54, 1.807) is 6.07 Å². The van der Waals surface area contributed by atoms with Gasteiger partial charge in [0.15, 0.2) is 5.15 Å². The first-order chi connectivity index (χ1) is 7.66. The number of ether oxygens (including phenoxy) is 1. The Labute approximate surface area is 114 Å². The third-order valence-electron chi connectivity index (χ3n) is 1.72. The van der Waals surface area contributed by atoms with Gasteiger partial charge in [0.2, 0.25) is 0 Å². The second-order valence-corrected chi connectivity index (χ2v) is 4.96. The largest absolute Gasteiger partial charge is 0.435 e. The van der Waals surface area contributed by atoms with Crippen molar-refractivity contribution in [2.75, 3.05) is 0 Å². The van der Waals surface area contributed by atoms with Gasteiger partial charge in [0, 0.05) is 16.9 Å². The first kappa shape index (κ1) is 11.8. The van der Waals surface area contributed by atoms with Gasteiger partial charge in [0.1, 0.15) is 5.75 Å². The molecule has 0 fully saturated rings. The molecular weight excluding hydrogens is 359 g/mol. The van der Waals surface area contributed by atoms with Gasteiger partial charge in [-0.25, -0.2) is 9.97 Å². The van der Waals surface area contributed by atoms with Crippen molar-refractivity contribution in [2.24, 2.45) is 0 Å². The fourth-order valence-electron chi connectivity index (χ4n) is 1.04. The highest BCUT2D eigenvalue weighted by molar-refractivity contribution is 9.11. The predicted molar refractivity (Wildman–Crippen MR) is 69.0 cm³/mol. The summed E-state index contributed by atoms with van der Waals surface area (Å²) in [5.74, 6) is 0.915. The zero-order chi connectivity index (χ0) is 11.5. The molecule has 0 radical (unpaired) electrons. The predicted octanol–water partition coefficient (Wildman–Crippen LogP) is 4.45. The number of nitrogens with zero attached hydrogens (tertiary/aromatic N) is 2. The molecule has 0 amide bonds. The lowest BCUT2D eigenvalue weighted by atomic mass is 10.3. The van der Waals surface area contributed by atoms with Crippen molar-refractivity contribution < 1.29 is 4.74 Å². The van der Waals surface area contributed by atoms with E-state index < -0.39 is 0 Å². The maximum absolute atomic E-state index is 5.83. The fourth-order valence-corrected chi connectivity index (χ4v) is 2.31. The smallest absolute Gasteiger partial charge is 0.257 e. The summed E-state index contributed by atoms with van der Waals surface area (Å²) < 4.78 is 7.29. The Morgan fingerprint density at radius 1 is 1.12 bits per heavy atom. The number of aromatic nitrogens is 2. The lowest BCUT2D eigenvalue weighted by molar-refractivity contribution is 0.457. The summed E-state index contributed by atoms with van der Waals surface area (Å²) in [4.78, 5) is 7.86. The summed E-state index contributed by atoms with van der Waals surface area (Å²) in [6, 6.07) is 5.54.